The third-order valence-electron chi connectivity index (χ3n) is 4.27. The van der Waals surface area contributed by atoms with Crippen molar-refractivity contribution in [1.82, 2.24) is 5.32 Å². The van der Waals surface area contributed by atoms with Crippen LogP contribution >= 0.6 is 12.4 Å². The van der Waals surface area contributed by atoms with E-state index >= 15 is 0 Å². The lowest BCUT2D eigenvalue weighted by atomic mass is 9.84. The Morgan fingerprint density at radius 3 is 2.48 bits per heavy atom. The Hall–Kier alpha value is -1.13. The molecule has 0 spiro atoms. The van der Waals surface area contributed by atoms with E-state index in [-0.39, 0.29) is 24.1 Å². The molecule has 1 atom stereocenters. The summed E-state index contributed by atoms with van der Waals surface area (Å²) >= 11 is 0. The van der Waals surface area contributed by atoms with E-state index in [9.17, 15) is 9.18 Å². The molecule has 1 saturated heterocycles. The average Bonchev–Trinajstić information content (AvgIpc) is 2.48. The largest absolute Gasteiger partial charge is 0.317 e. The molecule has 0 bridgehead atoms. The Balaban J connectivity index is 0.00000220. The Labute approximate surface area is 132 Å². The molecule has 1 unspecified atom stereocenters. The zero-order chi connectivity index (χ0) is 14.5. The van der Waals surface area contributed by atoms with E-state index in [0.717, 1.165) is 31.6 Å². The van der Waals surface area contributed by atoms with Gasteiger partial charge in [-0.05, 0) is 62.0 Å². The normalized spacial score (nSPS) is 16.9. The lowest BCUT2D eigenvalue weighted by molar-refractivity contribution is -0.119. The number of piperidine rings is 1. The van der Waals surface area contributed by atoms with Crippen LogP contribution in [0.2, 0.25) is 0 Å². The van der Waals surface area contributed by atoms with Crippen molar-refractivity contribution in [3.63, 3.8) is 0 Å². The molecule has 0 aromatic heterocycles. The van der Waals surface area contributed by atoms with Gasteiger partial charge in [0.15, 0.2) is 0 Å². The first-order valence-corrected chi connectivity index (χ1v) is 7.30. The third-order valence-corrected chi connectivity index (χ3v) is 4.27. The van der Waals surface area contributed by atoms with E-state index in [4.69, 9.17) is 0 Å². The molecular formula is C16H24ClFN2O. The molecule has 21 heavy (non-hydrogen) atoms. The fraction of sp³-hybridized carbons (Fsp3) is 0.562. The summed E-state index contributed by atoms with van der Waals surface area (Å²) in [6.45, 7) is 4.26. The molecule has 118 valence electrons. The molecule has 2 rings (SSSR count). The summed E-state index contributed by atoms with van der Waals surface area (Å²) in [6, 6.07) is 6.05. The van der Waals surface area contributed by atoms with E-state index in [1.54, 1.807) is 24.1 Å². The van der Waals surface area contributed by atoms with Crippen LogP contribution in [0.5, 0.6) is 0 Å². The van der Waals surface area contributed by atoms with Gasteiger partial charge in [-0.3, -0.25) is 4.79 Å². The van der Waals surface area contributed by atoms with E-state index in [0.29, 0.717) is 18.3 Å². The first-order valence-electron chi connectivity index (χ1n) is 7.30. The van der Waals surface area contributed by atoms with Gasteiger partial charge in [0.25, 0.3) is 0 Å². The second kappa shape index (κ2) is 8.35. The lowest BCUT2D eigenvalue weighted by Gasteiger charge is -2.29. The standard InChI is InChI=1S/C16H23FN2O.ClH/c1-12(13-7-9-18-10-8-13)11-16(20)19(2)15-5-3-14(17)4-6-15;/h3-6,12-13,18H,7-11H2,1-2H3;1H. The first kappa shape index (κ1) is 17.9. The fourth-order valence-corrected chi connectivity index (χ4v) is 2.80. The molecule has 1 aliphatic heterocycles. The van der Waals surface area contributed by atoms with Gasteiger partial charge in [0.2, 0.25) is 5.91 Å². The molecule has 1 aromatic rings. The monoisotopic (exact) mass is 314 g/mol. The molecule has 1 amide bonds. The van der Waals surface area contributed by atoms with Gasteiger partial charge in [-0.2, -0.15) is 0 Å². The number of carbonyl (C=O) groups excluding carboxylic acids is 1. The highest BCUT2D eigenvalue weighted by Gasteiger charge is 2.23. The minimum Gasteiger partial charge on any atom is -0.317 e. The molecule has 1 fully saturated rings. The Kier molecular flexibility index (Phi) is 7.12. The number of nitrogens with one attached hydrogen (secondary N) is 1. The van der Waals surface area contributed by atoms with Crippen LogP contribution in [0, 0.1) is 17.7 Å². The maximum Gasteiger partial charge on any atom is 0.226 e. The molecule has 1 aliphatic rings. The van der Waals surface area contributed by atoms with Crippen LogP contribution in [0.1, 0.15) is 26.2 Å². The van der Waals surface area contributed by atoms with Crippen LogP contribution < -0.4 is 10.2 Å². The number of halogens is 2. The van der Waals surface area contributed by atoms with Crippen molar-refractivity contribution >= 4 is 24.0 Å². The van der Waals surface area contributed by atoms with Gasteiger partial charge < -0.3 is 10.2 Å². The van der Waals surface area contributed by atoms with Crippen LogP contribution in [-0.4, -0.2) is 26.0 Å². The lowest BCUT2D eigenvalue weighted by Crippen LogP contribution is -2.34. The van der Waals surface area contributed by atoms with Gasteiger partial charge in [-0.1, -0.05) is 6.92 Å². The number of hydrogen-bond acceptors (Lipinski definition) is 2. The molecule has 5 heteroatoms. The summed E-state index contributed by atoms with van der Waals surface area (Å²) in [5.41, 5.74) is 0.744. The van der Waals surface area contributed by atoms with Crippen molar-refractivity contribution < 1.29 is 9.18 Å². The Bertz CT molecular complexity index is 446. The minimum atomic E-state index is -0.280. The summed E-state index contributed by atoms with van der Waals surface area (Å²) in [7, 11) is 1.75. The molecule has 0 radical (unpaired) electrons. The highest BCUT2D eigenvalue weighted by Crippen LogP contribution is 2.25. The van der Waals surface area contributed by atoms with E-state index in [1.165, 1.54) is 12.1 Å². The van der Waals surface area contributed by atoms with Gasteiger partial charge in [-0.25, -0.2) is 4.39 Å². The second-order valence-electron chi connectivity index (χ2n) is 5.70. The van der Waals surface area contributed by atoms with Crippen LogP contribution in [0.25, 0.3) is 0 Å². The maximum atomic E-state index is 12.9. The molecule has 1 aromatic carbocycles. The average molecular weight is 315 g/mol. The number of carbonyl (C=O) groups is 1. The number of hydrogen-bond donors (Lipinski definition) is 1. The highest BCUT2D eigenvalue weighted by atomic mass is 35.5. The zero-order valence-electron chi connectivity index (χ0n) is 12.6. The number of anilines is 1. The van der Waals surface area contributed by atoms with Gasteiger partial charge in [0, 0.05) is 19.2 Å². The van der Waals surface area contributed by atoms with Crippen molar-refractivity contribution in [1.29, 1.82) is 0 Å². The third kappa shape index (κ3) is 4.97. The van der Waals surface area contributed by atoms with Crippen LogP contribution in [-0.2, 0) is 4.79 Å². The molecule has 3 nitrogen and oxygen atoms in total. The van der Waals surface area contributed by atoms with Crippen molar-refractivity contribution in [3.8, 4) is 0 Å². The van der Waals surface area contributed by atoms with Crippen LogP contribution in [0.15, 0.2) is 24.3 Å². The van der Waals surface area contributed by atoms with E-state index < -0.39 is 0 Å². The van der Waals surface area contributed by atoms with Crippen molar-refractivity contribution in [2.24, 2.45) is 11.8 Å². The van der Waals surface area contributed by atoms with Crippen molar-refractivity contribution in [3.05, 3.63) is 30.1 Å². The Morgan fingerprint density at radius 2 is 1.90 bits per heavy atom. The molecule has 0 saturated carbocycles. The zero-order valence-corrected chi connectivity index (χ0v) is 13.5. The van der Waals surface area contributed by atoms with Gasteiger partial charge in [0.05, 0.1) is 0 Å². The van der Waals surface area contributed by atoms with Crippen molar-refractivity contribution in [2.45, 2.75) is 26.2 Å². The Morgan fingerprint density at radius 1 is 1.33 bits per heavy atom. The summed E-state index contributed by atoms with van der Waals surface area (Å²) in [6.07, 6.45) is 2.85. The van der Waals surface area contributed by atoms with Crippen LogP contribution in [0.3, 0.4) is 0 Å². The molecule has 0 aliphatic carbocycles. The van der Waals surface area contributed by atoms with Gasteiger partial charge in [-0.15, -0.1) is 12.4 Å². The maximum absolute atomic E-state index is 12.9. The number of amides is 1. The highest BCUT2D eigenvalue weighted by molar-refractivity contribution is 5.92. The van der Waals surface area contributed by atoms with Gasteiger partial charge >= 0.3 is 0 Å². The van der Waals surface area contributed by atoms with Crippen molar-refractivity contribution in [2.75, 3.05) is 25.0 Å². The number of nitrogens with zero attached hydrogens (tertiary/aromatic N) is 1. The topological polar surface area (TPSA) is 32.3 Å². The minimum absolute atomic E-state index is 0. The molecule has 1 heterocycles. The summed E-state index contributed by atoms with van der Waals surface area (Å²) in [5.74, 6) is 0.842. The summed E-state index contributed by atoms with van der Waals surface area (Å²) in [5, 5.41) is 3.35. The predicted molar refractivity (Wildman–Crippen MR) is 86.4 cm³/mol. The SMILES string of the molecule is CC(CC(=O)N(C)c1ccc(F)cc1)C1CCNCC1.Cl. The summed E-state index contributed by atoms with van der Waals surface area (Å²) < 4.78 is 12.9. The second-order valence-corrected chi connectivity index (χ2v) is 5.70. The predicted octanol–water partition coefficient (Wildman–Crippen LogP) is 3.24. The van der Waals surface area contributed by atoms with E-state index in [2.05, 4.69) is 12.2 Å². The smallest absolute Gasteiger partial charge is 0.226 e. The number of rotatable bonds is 4. The fourth-order valence-electron chi connectivity index (χ4n) is 2.80. The van der Waals surface area contributed by atoms with E-state index in [1.807, 2.05) is 0 Å². The summed E-state index contributed by atoms with van der Waals surface area (Å²) in [4.78, 5) is 13.9. The number of benzene rings is 1. The van der Waals surface area contributed by atoms with Crippen LogP contribution in [0.4, 0.5) is 10.1 Å². The molecular weight excluding hydrogens is 291 g/mol. The first-order chi connectivity index (χ1) is 9.58. The molecule has 1 N–H and O–H groups in total. The quantitative estimate of drug-likeness (QED) is 0.925. The van der Waals surface area contributed by atoms with Gasteiger partial charge in [0.1, 0.15) is 5.82 Å².